The van der Waals surface area contributed by atoms with Crippen molar-refractivity contribution in [1.82, 2.24) is 10.2 Å². The van der Waals surface area contributed by atoms with Crippen LogP contribution in [0.5, 0.6) is 0 Å². The van der Waals surface area contributed by atoms with Crippen LogP contribution in [0.15, 0.2) is 24.3 Å². The first-order valence-electron chi connectivity index (χ1n) is 4.81. The lowest BCUT2D eigenvalue weighted by molar-refractivity contribution is 0.982. The summed E-state index contributed by atoms with van der Waals surface area (Å²) in [4.78, 5) is 1.25. The molecule has 0 saturated carbocycles. The van der Waals surface area contributed by atoms with Gasteiger partial charge in [0.1, 0.15) is 11.6 Å². The third kappa shape index (κ3) is 3.08. The molecule has 16 heavy (non-hydrogen) atoms. The van der Waals surface area contributed by atoms with E-state index in [4.69, 9.17) is 17.3 Å². The predicted octanol–water partition coefficient (Wildman–Crippen LogP) is 2.43. The smallest absolute Gasteiger partial charge is 0.148 e. The second-order valence-electron chi connectivity index (χ2n) is 3.23. The summed E-state index contributed by atoms with van der Waals surface area (Å²) in [6, 6.07) is 7.47. The Bertz CT molecular complexity index is 454. The molecule has 0 bridgehead atoms. The molecule has 2 aromatic heterocycles. The molecule has 0 aliphatic rings. The molecule has 0 aromatic carbocycles. The number of halogens is 1. The maximum Gasteiger partial charge on any atom is 0.148 e. The number of anilines is 2. The Balaban J connectivity index is 1.82. The zero-order valence-corrected chi connectivity index (χ0v) is 10.1. The lowest BCUT2D eigenvalue weighted by Crippen LogP contribution is -2.06. The first-order valence-corrected chi connectivity index (χ1v) is 6.01. The molecule has 2 rings (SSSR count). The van der Waals surface area contributed by atoms with E-state index in [2.05, 4.69) is 15.5 Å². The summed E-state index contributed by atoms with van der Waals surface area (Å²) >= 11 is 7.43. The van der Waals surface area contributed by atoms with Crippen molar-refractivity contribution in [2.24, 2.45) is 0 Å². The van der Waals surface area contributed by atoms with E-state index in [-0.39, 0.29) is 0 Å². The molecule has 0 atom stereocenters. The quantitative estimate of drug-likeness (QED) is 0.880. The summed E-state index contributed by atoms with van der Waals surface area (Å²) in [5.74, 6) is 1.16. The lowest BCUT2D eigenvalue weighted by Gasteiger charge is -2.03. The fourth-order valence-electron chi connectivity index (χ4n) is 1.24. The molecule has 0 unspecified atom stereocenters. The topological polar surface area (TPSA) is 63.8 Å². The first-order chi connectivity index (χ1) is 7.74. The fourth-order valence-corrected chi connectivity index (χ4v) is 2.32. The van der Waals surface area contributed by atoms with Crippen molar-refractivity contribution < 1.29 is 0 Å². The van der Waals surface area contributed by atoms with Crippen LogP contribution in [-0.2, 0) is 6.42 Å². The summed E-state index contributed by atoms with van der Waals surface area (Å²) < 4.78 is 0.822. The average molecular weight is 255 g/mol. The number of nitrogens with two attached hydrogens (primary N) is 1. The van der Waals surface area contributed by atoms with Gasteiger partial charge >= 0.3 is 0 Å². The van der Waals surface area contributed by atoms with Crippen LogP contribution in [0.4, 0.5) is 11.6 Å². The van der Waals surface area contributed by atoms with Crippen molar-refractivity contribution in [2.45, 2.75) is 6.42 Å². The molecule has 0 amide bonds. The Morgan fingerprint density at radius 3 is 2.75 bits per heavy atom. The molecule has 0 aliphatic heterocycles. The summed E-state index contributed by atoms with van der Waals surface area (Å²) in [5, 5.41) is 10.8. The SMILES string of the molecule is Nc1ccc(NCCc2ccc(Cl)s2)nn1. The van der Waals surface area contributed by atoms with Crippen LogP contribution in [0.1, 0.15) is 4.88 Å². The largest absolute Gasteiger partial charge is 0.382 e. The van der Waals surface area contributed by atoms with E-state index in [1.807, 2.05) is 18.2 Å². The van der Waals surface area contributed by atoms with Gasteiger partial charge in [0.25, 0.3) is 0 Å². The van der Waals surface area contributed by atoms with Crippen LogP contribution in [-0.4, -0.2) is 16.7 Å². The highest BCUT2D eigenvalue weighted by atomic mass is 35.5. The van der Waals surface area contributed by atoms with Gasteiger partial charge < -0.3 is 11.1 Å². The van der Waals surface area contributed by atoms with E-state index < -0.39 is 0 Å². The van der Waals surface area contributed by atoms with Gasteiger partial charge in [-0.2, -0.15) is 0 Å². The molecule has 0 saturated heterocycles. The minimum atomic E-state index is 0.426. The summed E-state index contributed by atoms with van der Waals surface area (Å²) in [5.41, 5.74) is 5.43. The van der Waals surface area contributed by atoms with Crippen LogP contribution in [0.2, 0.25) is 4.34 Å². The van der Waals surface area contributed by atoms with Gasteiger partial charge in [-0.15, -0.1) is 21.5 Å². The molecule has 6 heteroatoms. The van der Waals surface area contributed by atoms with Crippen molar-refractivity contribution in [2.75, 3.05) is 17.6 Å². The van der Waals surface area contributed by atoms with Crippen molar-refractivity contribution in [3.8, 4) is 0 Å². The fraction of sp³-hybridized carbons (Fsp3) is 0.200. The number of hydrogen-bond donors (Lipinski definition) is 2. The highest BCUT2D eigenvalue weighted by molar-refractivity contribution is 7.16. The van der Waals surface area contributed by atoms with E-state index >= 15 is 0 Å². The number of nitrogen functional groups attached to an aromatic ring is 1. The standard InChI is InChI=1S/C10H11ClN4S/c11-8-2-1-7(16-8)5-6-13-10-4-3-9(12)14-15-10/h1-4H,5-6H2,(H2,12,14)(H,13,15). The monoisotopic (exact) mass is 254 g/mol. The molecule has 2 aromatic rings. The highest BCUT2D eigenvalue weighted by Gasteiger charge is 1.98. The average Bonchev–Trinajstić information content (AvgIpc) is 2.67. The van der Waals surface area contributed by atoms with Crippen molar-refractivity contribution in [3.63, 3.8) is 0 Å². The van der Waals surface area contributed by atoms with Crippen LogP contribution >= 0.6 is 22.9 Å². The number of thiophene rings is 1. The number of hydrogen-bond acceptors (Lipinski definition) is 5. The summed E-state index contributed by atoms with van der Waals surface area (Å²) in [7, 11) is 0. The minimum Gasteiger partial charge on any atom is -0.382 e. The molecule has 0 radical (unpaired) electrons. The minimum absolute atomic E-state index is 0.426. The molecule has 0 spiro atoms. The zero-order chi connectivity index (χ0) is 11.4. The Morgan fingerprint density at radius 1 is 1.25 bits per heavy atom. The summed E-state index contributed by atoms with van der Waals surface area (Å²) in [6.07, 6.45) is 0.920. The van der Waals surface area contributed by atoms with Crippen LogP contribution in [0.3, 0.4) is 0 Å². The maximum absolute atomic E-state index is 5.84. The highest BCUT2D eigenvalue weighted by Crippen LogP contribution is 2.21. The third-order valence-electron chi connectivity index (χ3n) is 1.99. The number of nitrogens with one attached hydrogen (secondary N) is 1. The summed E-state index contributed by atoms with van der Waals surface area (Å²) in [6.45, 7) is 0.801. The Morgan fingerprint density at radius 2 is 2.12 bits per heavy atom. The predicted molar refractivity (Wildman–Crippen MR) is 68.0 cm³/mol. The third-order valence-corrected chi connectivity index (χ3v) is 3.28. The van der Waals surface area contributed by atoms with Gasteiger partial charge in [0.05, 0.1) is 4.34 Å². The van der Waals surface area contributed by atoms with Crippen molar-refractivity contribution in [1.29, 1.82) is 0 Å². The maximum atomic E-state index is 5.84. The van der Waals surface area contributed by atoms with Gasteiger partial charge in [-0.3, -0.25) is 0 Å². The van der Waals surface area contributed by atoms with Crippen LogP contribution in [0, 0.1) is 0 Å². The van der Waals surface area contributed by atoms with Gasteiger partial charge in [-0.1, -0.05) is 11.6 Å². The van der Waals surface area contributed by atoms with Crippen molar-refractivity contribution in [3.05, 3.63) is 33.5 Å². The number of rotatable bonds is 4. The zero-order valence-electron chi connectivity index (χ0n) is 8.48. The Labute approximate surface area is 102 Å². The lowest BCUT2D eigenvalue weighted by atomic mass is 10.3. The van der Waals surface area contributed by atoms with Gasteiger partial charge in [0.2, 0.25) is 0 Å². The van der Waals surface area contributed by atoms with Gasteiger partial charge in [0, 0.05) is 11.4 Å². The molecule has 2 heterocycles. The van der Waals surface area contributed by atoms with Gasteiger partial charge in [-0.25, -0.2) is 0 Å². The first kappa shape index (κ1) is 11.2. The normalized spacial score (nSPS) is 10.3. The van der Waals surface area contributed by atoms with Crippen molar-refractivity contribution >= 4 is 34.6 Å². The van der Waals surface area contributed by atoms with E-state index in [0.29, 0.717) is 5.82 Å². The molecule has 0 aliphatic carbocycles. The molecule has 3 N–H and O–H groups in total. The molecular formula is C10H11ClN4S. The molecule has 84 valence electrons. The van der Waals surface area contributed by atoms with Gasteiger partial charge in [0.15, 0.2) is 0 Å². The number of nitrogens with zero attached hydrogens (tertiary/aromatic N) is 2. The molecule has 0 fully saturated rings. The Kier molecular flexibility index (Phi) is 3.58. The van der Waals surface area contributed by atoms with E-state index in [0.717, 1.165) is 23.1 Å². The Hall–Kier alpha value is -1.33. The van der Waals surface area contributed by atoms with Crippen LogP contribution in [0.25, 0.3) is 0 Å². The number of aromatic nitrogens is 2. The van der Waals surface area contributed by atoms with Crippen LogP contribution < -0.4 is 11.1 Å². The second-order valence-corrected chi connectivity index (χ2v) is 5.03. The van der Waals surface area contributed by atoms with E-state index in [1.54, 1.807) is 17.4 Å². The van der Waals surface area contributed by atoms with E-state index in [1.165, 1.54) is 4.88 Å². The molecular weight excluding hydrogens is 244 g/mol. The van der Waals surface area contributed by atoms with Gasteiger partial charge in [-0.05, 0) is 30.7 Å². The van der Waals surface area contributed by atoms with E-state index in [9.17, 15) is 0 Å². The second kappa shape index (κ2) is 5.14. The molecule has 4 nitrogen and oxygen atoms in total.